The minimum Gasteiger partial charge on any atom is -0.494 e. The molecule has 1 unspecified atom stereocenters. The molecular weight excluding hydrogens is 630 g/mol. The normalized spacial score (nSPS) is 11.9. The lowest BCUT2D eigenvalue weighted by Gasteiger charge is -2.32. The van der Waals surface area contributed by atoms with Crippen molar-refractivity contribution in [1.29, 1.82) is 0 Å². The van der Waals surface area contributed by atoms with Gasteiger partial charge in [0.1, 0.15) is 18.3 Å². The van der Waals surface area contributed by atoms with Crippen LogP contribution < -0.4 is 14.4 Å². The third kappa shape index (κ3) is 8.70. The zero-order valence-corrected chi connectivity index (χ0v) is 26.5. The predicted molar refractivity (Wildman–Crippen MR) is 166 cm³/mol. The van der Waals surface area contributed by atoms with Gasteiger partial charge in [-0.15, -0.1) is 0 Å². The molecule has 0 saturated heterocycles. The molecule has 0 aliphatic rings. The Bertz CT molecular complexity index is 1420. The summed E-state index contributed by atoms with van der Waals surface area (Å²) in [4.78, 5) is 28.4. The zero-order valence-electron chi connectivity index (χ0n) is 23.3. The second kappa shape index (κ2) is 15.2. The van der Waals surface area contributed by atoms with Gasteiger partial charge in [-0.2, -0.15) is 0 Å². The molecule has 0 aliphatic heterocycles. The molecule has 0 aromatic heterocycles. The van der Waals surface area contributed by atoms with Crippen LogP contribution in [0.3, 0.4) is 0 Å². The molecule has 3 aromatic carbocycles. The number of amides is 2. The summed E-state index contributed by atoms with van der Waals surface area (Å²) in [6, 6.07) is 18.8. The Kier molecular flexibility index (Phi) is 12.1. The highest BCUT2D eigenvalue weighted by atomic mass is 79.9. The molecule has 0 radical (unpaired) electrons. The summed E-state index contributed by atoms with van der Waals surface area (Å²) in [7, 11) is -4.17. The fourth-order valence-corrected chi connectivity index (χ4v) is 5.94. The first kappa shape index (κ1) is 32.4. The highest BCUT2D eigenvalue weighted by molar-refractivity contribution is 9.10. The highest BCUT2D eigenvalue weighted by Gasteiger charge is 2.32. The smallest absolute Gasteiger partial charge is 0.264 e. The molecule has 41 heavy (non-hydrogen) atoms. The van der Waals surface area contributed by atoms with Gasteiger partial charge in [-0.1, -0.05) is 59.1 Å². The number of rotatable bonds is 14. The predicted octanol–water partition coefficient (Wildman–Crippen LogP) is 6.03. The first-order valence-corrected chi connectivity index (χ1v) is 16.0. The quantitative estimate of drug-likeness (QED) is 0.213. The number of benzene rings is 3. The minimum absolute atomic E-state index is 0.0189. The van der Waals surface area contributed by atoms with Crippen LogP contribution in [-0.4, -0.2) is 50.9 Å². The van der Waals surface area contributed by atoms with E-state index in [1.165, 1.54) is 17.0 Å². The molecule has 0 saturated carbocycles. The van der Waals surface area contributed by atoms with Crippen LogP contribution in [0.25, 0.3) is 0 Å². The molecule has 0 bridgehead atoms. The zero-order chi connectivity index (χ0) is 30.0. The van der Waals surface area contributed by atoms with E-state index in [1.54, 1.807) is 67.6 Å². The maximum Gasteiger partial charge on any atom is 0.264 e. The van der Waals surface area contributed by atoms with Gasteiger partial charge in [0.05, 0.1) is 17.2 Å². The van der Waals surface area contributed by atoms with Crippen molar-refractivity contribution in [2.24, 2.45) is 0 Å². The largest absolute Gasteiger partial charge is 0.494 e. The number of ether oxygens (including phenoxy) is 1. The second-order valence-electron chi connectivity index (χ2n) is 9.33. The lowest BCUT2D eigenvalue weighted by atomic mass is 10.1. The van der Waals surface area contributed by atoms with Gasteiger partial charge >= 0.3 is 0 Å². The van der Waals surface area contributed by atoms with E-state index in [-0.39, 0.29) is 23.0 Å². The lowest BCUT2D eigenvalue weighted by molar-refractivity contribution is -0.139. The van der Waals surface area contributed by atoms with E-state index in [0.29, 0.717) is 34.0 Å². The van der Waals surface area contributed by atoms with E-state index >= 15 is 0 Å². The number of carbonyl (C=O) groups is 2. The van der Waals surface area contributed by atoms with Crippen LogP contribution in [0.15, 0.2) is 82.2 Å². The lowest BCUT2D eigenvalue weighted by Crippen LogP contribution is -2.51. The summed E-state index contributed by atoms with van der Waals surface area (Å²) in [6.07, 6.45) is 1.70. The molecule has 1 N–H and O–H groups in total. The Morgan fingerprint density at radius 3 is 2.27 bits per heavy atom. The Balaban J connectivity index is 2.01. The van der Waals surface area contributed by atoms with Gasteiger partial charge in [-0.25, -0.2) is 8.42 Å². The summed E-state index contributed by atoms with van der Waals surface area (Å²) >= 11 is 9.74. The number of halogens is 2. The van der Waals surface area contributed by atoms with Gasteiger partial charge in [-0.3, -0.25) is 13.9 Å². The van der Waals surface area contributed by atoms with Crippen molar-refractivity contribution in [2.45, 2.75) is 51.1 Å². The number of anilines is 1. The standard InChI is InChI=1S/C30H35BrClN3O5S/c1-4-6-19-33-30(37)22(3)34(20-23-9-7-8-10-28(23)32)29(36)21-35(25-13-15-26(16-14-25)40-5-2)41(38,39)27-17-11-24(31)12-18-27/h7-18,22H,4-6,19-21H2,1-3H3,(H,33,37). The van der Waals surface area contributed by atoms with Crippen molar-refractivity contribution in [2.75, 3.05) is 24.0 Å². The van der Waals surface area contributed by atoms with Gasteiger partial charge in [0.15, 0.2) is 0 Å². The molecule has 0 fully saturated rings. The van der Waals surface area contributed by atoms with Crippen LogP contribution >= 0.6 is 27.5 Å². The van der Waals surface area contributed by atoms with Crippen LogP contribution in [0.2, 0.25) is 5.02 Å². The van der Waals surface area contributed by atoms with E-state index in [9.17, 15) is 18.0 Å². The fraction of sp³-hybridized carbons (Fsp3) is 0.333. The molecule has 8 nitrogen and oxygen atoms in total. The van der Waals surface area contributed by atoms with E-state index in [1.807, 2.05) is 13.8 Å². The number of hydrogen-bond donors (Lipinski definition) is 1. The number of carbonyl (C=O) groups excluding carboxylic acids is 2. The van der Waals surface area contributed by atoms with Crippen molar-refractivity contribution < 1.29 is 22.7 Å². The maximum atomic E-state index is 14.0. The topological polar surface area (TPSA) is 96.0 Å². The molecule has 0 aliphatic carbocycles. The van der Waals surface area contributed by atoms with E-state index in [4.69, 9.17) is 16.3 Å². The molecule has 220 valence electrons. The molecule has 3 rings (SSSR count). The Morgan fingerprint density at radius 2 is 1.66 bits per heavy atom. The number of nitrogens with one attached hydrogen (secondary N) is 1. The molecule has 3 aromatic rings. The monoisotopic (exact) mass is 663 g/mol. The van der Waals surface area contributed by atoms with Crippen molar-refractivity contribution in [3.8, 4) is 5.75 Å². The second-order valence-corrected chi connectivity index (χ2v) is 12.5. The van der Waals surface area contributed by atoms with Gasteiger partial charge in [0, 0.05) is 22.6 Å². The van der Waals surface area contributed by atoms with Crippen molar-refractivity contribution in [3.05, 3.63) is 87.9 Å². The Labute approximate surface area is 255 Å². The Hall–Kier alpha value is -3.08. The van der Waals surface area contributed by atoms with Crippen LogP contribution in [0.4, 0.5) is 5.69 Å². The fourth-order valence-electron chi connectivity index (χ4n) is 4.07. The number of hydrogen-bond acceptors (Lipinski definition) is 5. The SMILES string of the molecule is CCCCNC(=O)C(C)N(Cc1ccccc1Cl)C(=O)CN(c1ccc(OCC)cc1)S(=O)(=O)c1ccc(Br)cc1. The molecule has 0 spiro atoms. The number of unbranched alkanes of at least 4 members (excludes halogenated alkanes) is 1. The van der Waals surface area contributed by atoms with Gasteiger partial charge in [0.2, 0.25) is 11.8 Å². The van der Waals surface area contributed by atoms with Crippen molar-refractivity contribution >= 4 is 55.1 Å². The average molecular weight is 665 g/mol. The molecule has 0 heterocycles. The van der Waals surface area contributed by atoms with Crippen molar-refractivity contribution in [1.82, 2.24) is 10.2 Å². The van der Waals surface area contributed by atoms with E-state index < -0.39 is 28.5 Å². The summed E-state index contributed by atoms with van der Waals surface area (Å²) in [5.74, 6) is -0.318. The highest BCUT2D eigenvalue weighted by Crippen LogP contribution is 2.28. The molecule has 1 atom stereocenters. The van der Waals surface area contributed by atoms with Gasteiger partial charge in [0.25, 0.3) is 10.0 Å². The molecular formula is C30H35BrClN3O5S. The van der Waals surface area contributed by atoms with Crippen LogP contribution in [0.1, 0.15) is 39.2 Å². The summed E-state index contributed by atoms with van der Waals surface area (Å²) < 4.78 is 35.1. The van der Waals surface area contributed by atoms with Crippen molar-refractivity contribution in [3.63, 3.8) is 0 Å². The Morgan fingerprint density at radius 1 is 1.00 bits per heavy atom. The van der Waals surface area contributed by atoms with Gasteiger partial charge in [-0.05, 0) is 80.4 Å². The first-order chi connectivity index (χ1) is 19.6. The summed E-state index contributed by atoms with van der Waals surface area (Å²) in [6.45, 7) is 5.91. The number of nitrogens with zero attached hydrogens (tertiary/aromatic N) is 2. The minimum atomic E-state index is -4.17. The summed E-state index contributed by atoms with van der Waals surface area (Å²) in [5, 5.41) is 3.31. The molecule has 11 heteroatoms. The van der Waals surface area contributed by atoms with Crippen LogP contribution in [0, 0.1) is 0 Å². The van der Waals surface area contributed by atoms with Crippen LogP contribution in [0.5, 0.6) is 5.75 Å². The molecule has 2 amide bonds. The first-order valence-electron chi connectivity index (χ1n) is 13.4. The van der Waals surface area contributed by atoms with E-state index in [0.717, 1.165) is 17.1 Å². The van der Waals surface area contributed by atoms with Gasteiger partial charge < -0.3 is 15.0 Å². The van der Waals surface area contributed by atoms with E-state index in [2.05, 4.69) is 21.2 Å². The summed E-state index contributed by atoms with van der Waals surface area (Å²) in [5.41, 5.74) is 0.918. The third-order valence-electron chi connectivity index (χ3n) is 6.41. The average Bonchev–Trinajstić information content (AvgIpc) is 2.96. The maximum absolute atomic E-state index is 14.0. The van der Waals surface area contributed by atoms with Crippen LogP contribution in [-0.2, 0) is 26.2 Å². The third-order valence-corrected chi connectivity index (χ3v) is 9.10. The number of sulfonamides is 1.